The minimum absolute atomic E-state index is 0.307. The molecule has 0 aliphatic carbocycles. The van der Waals surface area contributed by atoms with Crippen molar-refractivity contribution in [2.75, 3.05) is 6.61 Å². The van der Waals surface area contributed by atoms with E-state index in [0.717, 1.165) is 5.56 Å². The molecule has 0 amide bonds. The molecule has 2 aromatic rings. The van der Waals surface area contributed by atoms with Gasteiger partial charge in [-0.05, 0) is 35.0 Å². The molecule has 0 saturated carbocycles. The maximum Gasteiger partial charge on any atom is 0.357 e. The third kappa shape index (κ3) is 2.57. The summed E-state index contributed by atoms with van der Waals surface area (Å²) in [5, 5.41) is 7.42. The second-order valence-electron chi connectivity index (χ2n) is 3.49. The molecule has 0 unspecified atom stereocenters. The molecule has 0 spiro atoms. The zero-order valence-corrected chi connectivity index (χ0v) is 11.9. The Morgan fingerprint density at radius 2 is 2.11 bits per heavy atom. The Labute approximate surface area is 117 Å². The van der Waals surface area contributed by atoms with E-state index in [9.17, 15) is 4.79 Å². The van der Waals surface area contributed by atoms with E-state index in [4.69, 9.17) is 16.3 Å². The van der Waals surface area contributed by atoms with Crippen LogP contribution in [0.2, 0.25) is 5.02 Å². The first-order chi connectivity index (χ1) is 8.63. The van der Waals surface area contributed by atoms with Crippen molar-refractivity contribution >= 4 is 33.5 Å². The van der Waals surface area contributed by atoms with Crippen molar-refractivity contribution < 1.29 is 9.53 Å². The normalized spacial score (nSPS) is 10.4. The minimum Gasteiger partial charge on any atom is -0.461 e. The Bertz CT molecular complexity index is 566. The maximum atomic E-state index is 11.6. The molecule has 6 heteroatoms. The molecule has 0 radical (unpaired) electrons. The number of hydrogen-bond donors (Lipinski definition) is 1. The lowest BCUT2D eigenvalue weighted by molar-refractivity contribution is 0.0518. The number of H-pyrrole nitrogens is 1. The van der Waals surface area contributed by atoms with Crippen molar-refractivity contribution in [2.24, 2.45) is 0 Å². The highest BCUT2D eigenvalue weighted by Crippen LogP contribution is 2.29. The summed E-state index contributed by atoms with van der Waals surface area (Å²) >= 11 is 9.17. The number of carbonyl (C=O) groups is 1. The predicted molar refractivity (Wildman–Crippen MR) is 72.7 cm³/mol. The van der Waals surface area contributed by atoms with E-state index in [1.807, 2.05) is 12.1 Å². The Morgan fingerprint density at radius 1 is 1.44 bits per heavy atom. The molecular weight excluding hydrogens is 320 g/mol. The topological polar surface area (TPSA) is 55.0 Å². The summed E-state index contributed by atoms with van der Waals surface area (Å²) in [5.41, 5.74) is 1.81. The van der Waals surface area contributed by atoms with Gasteiger partial charge in [0.2, 0.25) is 0 Å². The van der Waals surface area contributed by atoms with Crippen LogP contribution in [-0.2, 0) is 4.74 Å². The van der Waals surface area contributed by atoms with Crippen LogP contribution in [0.3, 0.4) is 0 Å². The molecule has 1 aromatic carbocycles. The molecule has 0 aliphatic rings. The monoisotopic (exact) mass is 328 g/mol. The fraction of sp³-hybridized carbons (Fsp3) is 0.167. The lowest BCUT2D eigenvalue weighted by Crippen LogP contribution is -2.05. The van der Waals surface area contributed by atoms with Crippen molar-refractivity contribution in [3.05, 3.63) is 39.5 Å². The number of halogens is 2. The molecule has 94 valence electrons. The number of ether oxygens (including phenoxy) is 1. The number of nitrogens with one attached hydrogen (secondary N) is 1. The first-order valence-corrected chi connectivity index (χ1v) is 6.47. The lowest BCUT2D eigenvalue weighted by Gasteiger charge is -2.00. The summed E-state index contributed by atoms with van der Waals surface area (Å²) in [4.78, 5) is 11.6. The summed E-state index contributed by atoms with van der Waals surface area (Å²) in [6.45, 7) is 2.07. The minimum atomic E-state index is -0.433. The number of aromatic nitrogens is 2. The van der Waals surface area contributed by atoms with Gasteiger partial charge in [0.1, 0.15) is 5.69 Å². The molecule has 0 aliphatic heterocycles. The Hall–Kier alpha value is -1.33. The van der Waals surface area contributed by atoms with Crippen LogP contribution in [0.5, 0.6) is 0 Å². The number of benzene rings is 1. The van der Waals surface area contributed by atoms with Gasteiger partial charge in [0, 0.05) is 10.6 Å². The van der Waals surface area contributed by atoms with Crippen LogP contribution < -0.4 is 0 Å². The fourth-order valence-electron chi connectivity index (χ4n) is 1.47. The third-order valence-corrected chi connectivity index (χ3v) is 3.33. The number of hydrogen-bond acceptors (Lipinski definition) is 3. The average molecular weight is 330 g/mol. The van der Waals surface area contributed by atoms with Gasteiger partial charge in [-0.15, -0.1) is 0 Å². The van der Waals surface area contributed by atoms with Crippen molar-refractivity contribution in [2.45, 2.75) is 6.92 Å². The molecule has 1 aromatic heterocycles. The molecule has 0 bridgehead atoms. The SMILES string of the molecule is CCOC(=O)c1[nH]nc(-c2ccc(Cl)cc2)c1Br. The maximum absolute atomic E-state index is 11.6. The van der Waals surface area contributed by atoms with Crippen LogP contribution in [0.4, 0.5) is 0 Å². The lowest BCUT2D eigenvalue weighted by atomic mass is 10.1. The van der Waals surface area contributed by atoms with Crippen molar-refractivity contribution in [3.63, 3.8) is 0 Å². The van der Waals surface area contributed by atoms with Crippen LogP contribution in [0.1, 0.15) is 17.4 Å². The summed E-state index contributed by atoms with van der Waals surface area (Å²) in [6, 6.07) is 7.19. The first kappa shape index (κ1) is 13.1. The largest absolute Gasteiger partial charge is 0.461 e. The Balaban J connectivity index is 2.36. The van der Waals surface area contributed by atoms with Gasteiger partial charge in [0.25, 0.3) is 0 Å². The van der Waals surface area contributed by atoms with Gasteiger partial charge in [-0.25, -0.2) is 4.79 Å². The number of esters is 1. The Kier molecular flexibility index (Phi) is 4.04. The zero-order chi connectivity index (χ0) is 13.1. The highest BCUT2D eigenvalue weighted by atomic mass is 79.9. The van der Waals surface area contributed by atoms with Gasteiger partial charge in [0.15, 0.2) is 5.69 Å². The second-order valence-corrected chi connectivity index (χ2v) is 4.72. The van der Waals surface area contributed by atoms with E-state index in [1.54, 1.807) is 19.1 Å². The third-order valence-electron chi connectivity index (χ3n) is 2.30. The van der Waals surface area contributed by atoms with Gasteiger partial charge in [0.05, 0.1) is 11.1 Å². The molecule has 0 atom stereocenters. The number of nitrogens with zero attached hydrogens (tertiary/aromatic N) is 1. The van der Waals surface area contributed by atoms with Crippen LogP contribution in [-0.4, -0.2) is 22.8 Å². The van der Waals surface area contributed by atoms with E-state index < -0.39 is 5.97 Å². The molecule has 1 heterocycles. The van der Waals surface area contributed by atoms with Crippen molar-refractivity contribution in [1.29, 1.82) is 0 Å². The van der Waals surface area contributed by atoms with E-state index >= 15 is 0 Å². The molecular formula is C12H10BrClN2O2. The van der Waals surface area contributed by atoms with E-state index in [1.165, 1.54) is 0 Å². The number of aromatic amines is 1. The average Bonchev–Trinajstić information content (AvgIpc) is 2.73. The summed E-state index contributed by atoms with van der Waals surface area (Å²) in [7, 11) is 0. The van der Waals surface area contributed by atoms with Gasteiger partial charge in [-0.3, -0.25) is 5.10 Å². The summed E-state index contributed by atoms with van der Waals surface area (Å²) in [5.74, 6) is -0.433. The standard InChI is InChI=1S/C12H10BrClN2O2/c1-2-18-12(17)11-9(13)10(15-16-11)7-3-5-8(14)6-4-7/h3-6H,2H2,1H3,(H,15,16). The highest BCUT2D eigenvalue weighted by Gasteiger charge is 2.19. The smallest absolute Gasteiger partial charge is 0.357 e. The molecule has 1 N–H and O–H groups in total. The van der Waals surface area contributed by atoms with Crippen molar-refractivity contribution in [3.8, 4) is 11.3 Å². The molecule has 2 rings (SSSR count). The van der Waals surface area contributed by atoms with Gasteiger partial charge >= 0.3 is 5.97 Å². The van der Waals surface area contributed by atoms with Crippen molar-refractivity contribution in [1.82, 2.24) is 10.2 Å². The Morgan fingerprint density at radius 3 is 2.72 bits per heavy atom. The van der Waals surface area contributed by atoms with E-state index in [-0.39, 0.29) is 0 Å². The van der Waals surface area contributed by atoms with Crippen LogP contribution in [0, 0.1) is 0 Å². The van der Waals surface area contributed by atoms with Gasteiger partial charge in [-0.2, -0.15) is 5.10 Å². The first-order valence-electron chi connectivity index (χ1n) is 5.30. The fourth-order valence-corrected chi connectivity index (χ4v) is 2.16. The van der Waals surface area contributed by atoms with E-state index in [0.29, 0.717) is 27.5 Å². The highest BCUT2D eigenvalue weighted by molar-refractivity contribution is 9.10. The molecule has 0 fully saturated rings. The summed E-state index contributed by atoms with van der Waals surface area (Å²) in [6.07, 6.45) is 0. The van der Waals surface area contributed by atoms with E-state index in [2.05, 4.69) is 26.1 Å². The summed E-state index contributed by atoms with van der Waals surface area (Å²) < 4.78 is 5.50. The molecule has 4 nitrogen and oxygen atoms in total. The molecule has 18 heavy (non-hydrogen) atoms. The number of carbonyl (C=O) groups excluding carboxylic acids is 1. The quantitative estimate of drug-likeness (QED) is 0.874. The van der Waals surface area contributed by atoms with Crippen LogP contribution in [0.25, 0.3) is 11.3 Å². The molecule has 0 saturated heterocycles. The van der Waals surface area contributed by atoms with Gasteiger partial charge in [-0.1, -0.05) is 23.7 Å². The number of rotatable bonds is 3. The van der Waals surface area contributed by atoms with Crippen LogP contribution in [0.15, 0.2) is 28.7 Å². The zero-order valence-electron chi connectivity index (χ0n) is 9.54. The van der Waals surface area contributed by atoms with Crippen LogP contribution >= 0.6 is 27.5 Å². The predicted octanol–water partition coefficient (Wildman–Crippen LogP) is 3.67. The second kappa shape index (κ2) is 5.54. The van der Waals surface area contributed by atoms with Gasteiger partial charge < -0.3 is 4.74 Å².